The number of carbonyl (C=O) groups excluding carboxylic acids is 1. The first kappa shape index (κ1) is 19.0. The second-order valence-electron chi connectivity index (χ2n) is 5.53. The normalized spacial score (nSPS) is 20.6. The van der Waals surface area contributed by atoms with Crippen LogP contribution < -0.4 is 5.43 Å². The van der Waals surface area contributed by atoms with E-state index in [-0.39, 0.29) is 5.69 Å². The Morgan fingerprint density at radius 1 is 1.56 bits per heavy atom. The summed E-state index contributed by atoms with van der Waals surface area (Å²) in [6.07, 6.45) is -3.71. The number of nitriles is 1. The van der Waals surface area contributed by atoms with Crippen molar-refractivity contribution in [2.45, 2.75) is 32.0 Å². The van der Waals surface area contributed by atoms with Crippen LogP contribution in [0.2, 0.25) is 0 Å². The summed E-state index contributed by atoms with van der Waals surface area (Å²) in [5.74, 6) is 0.648. The van der Waals surface area contributed by atoms with Crippen LogP contribution in [0.5, 0.6) is 0 Å². The highest BCUT2D eigenvalue weighted by molar-refractivity contribution is 8.14. The molecule has 0 spiro atoms. The molecule has 132 valence electrons. The molecule has 0 amide bonds. The number of hydrazone groups is 1. The third-order valence-electron chi connectivity index (χ3n) is 3.53. The molecule has 0 saturated carbocycles. The molecule has 0 saturated heterocycles. The second-order valence-corrected chi connectivity index (χ2v) is 6.78. The third-order valence-corrected chi connectivity index (χ3v) is 4.63. The molecule has 1 aromatic rings. The number of rotatable bonds is 4. The molecule has 1 aromatic carbocycles. The van der Waals surface area contributed by atoms with E-state index in [1.165, 1.54) is 17.8 Å². The van der Waals surface area contributed by atoms with E-state index in [0.717, 1.165) is 12.1 Å². The van der Waals surface area contributed by atoms with Crippen LogP contribution in [-0.2, 0) is 11.0 Å². The van der Waals surface area contributed by atoms with E-state index in [4.69, 9.17) is 5.26 Å². The van der Waals surface area contributed by atoms with E-state index in [2.05, 4.69) is 15.5 Å². The van der Waals surface area contributed by atoms with Crippen LogP contribution in [0.15, 0.2) is 28.3 Å². The van der Waals surface area contributed by atoms with Gasteiger partial charge in [-0.2, -0.15) is 23.5 Å². The molecule has 1 heterocycles. The van der Waals surface area contributed by atoms with Gasteiger partial charge in [-0.05, 0) is 30.9 Å². The van der Waals surface area contributed by atoms with E-state index < -0.39 is 22.8 Å². The average Bonchev–Trinajstić information content (AvgIpc) is 2.96. The molecule has 1 N–H and O–H groups in total. The predicted molar refractivity (Wildman–Crippen MR) is 91.0 cm³/mol. The highest BCUT2D eigenvalue weighted by atomic mass is 32.2. The number of halogens is 3. The van der Waals surface area contributed by atoms with E-state index in [9.17, 15) is 18.0 Å². The number of benzene rings is 1. The molecule has 1 aliphatic rings. The van der Waals surface area contributed by atoms with Gasteiger partial charge in [-0.3, -0.25) is 10.2 Å². The highest BCUT2D eigenvalue weighted by Gasteiger charge is 2.37. The number of nitrogens with zero attached hydrogens (tertiary/aromatic N) is 3. The smallest absolute Gasteiger partial charge is 0.297 e. The number of aldehydes is 1. The lowest BCUT2D eigenvalue weighted by molar-refractivity contribution is -0.137. The van der Waals surface area contributed by atoms with Crippen molar-refractivity contribution in [3.05, 3.63) is 29.3 Å². The van der Waals surface area contributed by atoms with Crippen molar-refractivity contribution < 1.29 is 18.0 Å². The number of hydrogen-bond donors (Lipinski definition) is 1. The van der Waals surface area contributed by atoms with Crippen molar-refractivity contribution in [2.75, 3.05) is 5.75 Å². The summed E-state index contributed by atoms with van der Waals surface area (Å²) < 4.78 is 39.3. The van der Waals surface area contributed by atoms with Gasteiger partial charge in [-0.25, -0.2) is 4.99 Å². The van der Waals surface area contributed by atoms with Gasteiger partial charge in [-0.15, -0.1) is 11.8 Å². The van der Waals surface area contributed by atoms with E-state index in [1.54, 1.807) is 13.0 Å². The fraction of sp³-hybridized carbons (Fsp3) is 0.375. The molecule has 9 heteroatoms. The molecule has 1 atom stereocenters. The summed E-state index contributed by atoms with van der Waals surface area (Å²) in [4.78, 5) is 15.2. The highest BCUT2D eigenvalue weighted by Crippen LogP contribution is 2.35. The Hall–Kier alpha value is -2.34. The quantitative estimate of drug-likeness (QED) is 0.500. The van der Waals surface area contributed by atoms with Gasteiger partial charge >= 0.3 is 6.18 Å². The number of nitrogens with one attached hydrogen (secondary N) is 1. The number of carbonyl (C=O) groups is 1. The van der Waals surface area contributed by atoms with Crippen molar-refractivity contribution in [3.8, 4) is 6.07 Å². The molecule has 0 bridgehead atoms. The van der Waals surface area contributed by atoms with Gasteiger partial charge < -0.3 is 0 Å². The Balaban J connectivity index is 2.45. The molecule has 5 nitrogen and oxygen atoms in total. The van der Waals surface area contributed by atoms with Crippen molar-refractivity contribution in [3.63, 3.8) is 0 Å². The summed E-state index contributed by atoms with van der Waals surface area (Å²) in [7, 11) is 0. The average molecular weight is 368 g/mol. The molecular formula is C16H15F3N4OS. The standard InChI is InChI=1S/C16H15F3N4OS/c1-3-25-14(15(2)7-12(9-24)22-23-15)21-11-5-4-10(8-20)13(6-11)16(17,18)19/h4-6,9,23H,3,7H2,1-2H3. The van der Waals surface area contributed by atoms with Crippen molar-refractivity contribution in [2.24, 2.45) is 10.1 Å². The molecule has 2 rings (SSSR count). The van der Waals surface area contributed by atoms with Crippen LogP contribution in [0.4, 0.5) is 18.9 Å². The minimum Gasteiger partial charge on any atom is -0.297 e. The van der Waals surface area contributed by atoms with Gasteiger partial charge in [0.05, 0.1) is 22.9 Å². The molecule has 0 fully saturated rings. The number of thioether (sulfide) groups is 1. The van der Waals surface area contributed by atoms with Gasteiger partial charge in [0.2, 0.25) is 0 Å². The van der Waals surface area contributed by atoms with Crippen LogP contribution in [0, 0.1) is 11.3 Å². The van der Waals surface area contributed by atoms with Gasteiger partial charge in [0.15, 0.2) is 6.29 Å². The predicted octanol–water partition coefficient (Wildman–Crippen LogP) is 3.67. The van der Waals surface area contributed by atoms with Gasteiger partial charge in [0, 0.05) is 6.42 Å². The lowest BCUT2D eigenvalue weighted by Gasteiger charge is -2.25. The van der Waals surface area contributed by atoms with E-state index in [0.29, 0.717) is 29.2 Å². The Labute approximate surface area is 147 Å². The molecule has 0 aromatic heterocycles. The largest absolute Gasteiger partial charge is 0.417 e. The molecule has 0 aliphatic carbocycles. The number of alkyl halides is 3. The second kappa shape index (κ2) is 7.27. The van der Waals surface area contributed by atoms with Gasteiger partial charge in [0.25, 0.3) is 0 Å². The zero-order valence-corrected chi connectivity index (χ0v) is 14.3. The molecule has 0 radical (unpaired) electrons. The molecule has 25 heavy (non-hydrogen) atoms. The lowest BCUT2D eigenvalue weighted by Crippen LogP contribution is -2.42. The van der Waals surface area contributed by atoms with Crippen LogP contribution in [0.1, 0.15) is 31.4 Å². The summed E-state index contributed by atoms with van der Waals surface area (Å²) in [6, 6.07) is 4.87. The van der Waals surface area contributed by atoms with E-state index in [1.807, 2.05) is 6.92 Å². The fourth-order valence-electron chi connectivity index (χ4n) is 2.33. The first-order chi connectivity index (χ1) is 11.7. The SMILES string of the molecule is CCSC(=Nc1ccc(C#N)c(C(F)(F)F)c1)C1(C)CC(C=O)=NN1. The Bertz CT molecular complexity index is 783. The topological polar surface area (TPSA) is 77.6 Å². The van der Waals surface area contributed by atoms with Crippen molar-refractivity contribution >= 4 is 34.5 Å². The maximum Gasteiger partial charge on any atom is 0.417 e. The lowest BCUT2D eigenvalue weighted by atomic mass is 9.98. The van der Waals surface area contributed by atoms with Crippen LogP contribution in [0.3, 0.4) is 0 Å². The molecular weight excluding hydrogens is 353 g/mol. The Kier molecular flexibility index (Phi) is 5.52. The van der Waals surface area contributed by atoms with Crippen molar-refractivity contribution in [1.29, 1.82) is 5.26 Å². The third kappa shape index (κ3) is 4.20. The zero-order chi connectivity index (χ0) is 18.7. The summed E-state index contributed by atoms with van der Waals surface area (Å²) in [5.41, 5.74) is 1.01. The first-order valence-electron chi connectivity index (χ1n) is 7.35. The first-order valence-corrected chi connectivity index (χ1v) is 8.34. The number of aliphatic imine (C=N–C) groups is 1. The maximum atomic E-state index is 13.1. The minimum absolute atomic E-state index is 0.0878. The van der Waals surface area contributed by atoms with Crippen molar-refractivity contribution in [1.82, 2.24) is 5.43 Å². The minimum atomic E-state index is -4.64. The van der Waals surface area contributed by atoms with Crippen LogP contribution in [-0.4, -0.2) is 28.3 Å². The van der Waals surface area contributed by atoms with Gasteiger partial charge in [0.1, 0.15) is 16.3 Å². The fourth-order valence-corrected chi connectivity index (χ4v) is 3.21. The number of hydrogen-bond acceptors (Lipinski definition) is 6. The summed E-state index contributed by atoms with van der Waals surface area (Å²) >= 11 is 1.36. The Morgan fingerprint density at radius 3 is 2.80 bits per heavy atom. The Morgan fingerprint density at radius 2 is 2.28 bits per heavy atom. The van der Waals surface area contributed by atoms with Crippen LogP contribution >= 0.6 is 11.8 Å². The molecule has 1 aliphatic heterocycles. The summed E-state index contributed by atoms with van der Waals surface area (Å²) in [6.45, 7) is 3.67. The zero-order valence-electron chi connectivity index (χ0n) is 13.5. The molecule has 1 unspecified atom stereocenters. The maximum absolute atomic E-state index is 13.1. The van der Waals surface area contributed by atoms with E-state index >= 15 is 0 Å². The van der Waals surface area contributed by atoms with Crippen LogP contribution in [0.25, 0.3) is 0 Å². The summed E-state index contributed by atoms with van der Waals surface area (Å²) in [5, 5.41) is 13.3. The monoisotopic (exact) mass is 368 g/mol. The van der Waals surface area contributed by atoms with Gasteiger partial charge in [-0.1, -0.05) is 6.92 Å².